The number of aliphatic hydroxyl groups excluding tert-OH is 3. The number of carbonyl (C=O) groups is 1. The summed E-state index contributed by atoms with van der Waals surface area (Å²) in [6.45, 7) is 6.49. The Morgan fingerprint density at radius 2 is 1.77 bits per heavy atom. The lowest BCUT2D eigenvalue weighted by molar-refractivity contribution is -0.317. The first-order valence-corrected chi connectivity index (χ1v) is 14.9. The predicted octanol–water partition coefficient (Wildman–Crippen LogP) is 2.08. The largest absolute Gasteiger partial charge is 0.458 e. The first-order valence-electron chi connectivity index (χ1n) is 14.9. The third kappa shape index (κ3) is 4.02. The second-order valence-electron chi connectivity index (χ2n) is 13.8. The standard InChI is InChI=1S/C30H46O9/c1-15-24(33)26(36-4)25(34)27(38-15)39-18-12-17-5-6-21-20(29(17,3)22(31)13-18)7-9-28(2)19(8-10-30(21,28)35)16-11-23(32)37-14-16/h11,15,17-22,24-27,31,33-35H,5-10,12-14H2,1-4H3/t15-,17+,18+,19+,20+,21-,22+,24+,25+,26+,27-,28-,29-,30+/m0/s1. The molecular weight excluding hydrogens is 504 g/mol. The van der Waals surface area contributed by atoms with Gasteiger partial charge in [0, 0.05) is 25.0 Å². The minimum atomic E-state index is -1.13. The lowest BCUT2D eigenvalue weighted by Gasteiger charge is -2.64. The molecular formula is C30H46O9. The smallest absolute Gasteiger partial charge is 0.331 e. The minimum absolute atomic E-state index is 0.0986. The van der Waals surface area contributed by atoms with Crippen molar-refractivity contribution in [1.29, 1.82) is 0 Å². The number of methoxy groups -OCH3 is 1. The molecule has 14 atom stereocenters. The molecule has 6 rings (SSSR count). The maximum absolute atomic E-state index is 12.4. The van der Waals surface area contributed by atoms with Gasteiger partial charge in [-0.05, 0) is 86.5 Å². The van der Waals surface area contributed by atoms with Crippen molar-refractivity contribution in [3.8, 4) is 0 Å². The van der Waals surface area contributed by atoms with Gasteiger partial charge in [0.15, 0.2) is 6.29 Å². The fourth-order valence-electron chi connectivity index (χ4n) is 10.1. The molecule has 0 unspecified atom stereocenters. The van der Waals surface area contributed by atoms with Crippen LogP contribution in [0.5, 0.6) is 0 Å². The molecule has 4 N–H and O–H groups in total. The van der Waals surface area contributed by atoms with E-state index in [4.69, 9.17) is 18.9 Å². The Morgan fingerprint density at radius 1 is 1.00 bits per heavy atom. The number of ether oxygens (including phenoxy) is 4. The molecule has 0 aromatic carbocycles. The highest BCUT2D eigenvalue weighted by atomic mass is 16.7. The Labute approximate surface area is 230 Å². The van der Waals surface area contributed by atoms with Crippen LogP contribution in [0, 0.1) is 34.5 Å². The lowest BCUT2D eigenvalue weighted by atomic mass is 9.42. The van der Waals surface area contributed by atoms with Crippen LogP contribution in [-0.4, -0.2) is 88.6 Å². The van der Waals surface area contributed by atoms with Gasteiger partial charge in [0.1, 0.15) is 24.9 Å². The number of fused-ring (bicyclic) bond motifs is 5. The summed E-state index contributed by atoms with van der Waals surface area (Å²) in [5.41, 5.74) is -0.455. The van der Waals surface area contributed by atoms with E-state index in [1.54, 1.807) is 13.0 Å². The van der Waals surface area contributed by atoms with Crippen molar-refractivity contribution in [1.82, 2.24) is 0 Å². The number of carbonyl (C=O) groups excluding carboxylic acids is 1. The van der Waals surface area contributed by atoms with Gasteiger partial charge in [0.2, 0.25) is 0 Å². The van der Waals surface area contributed by atoms with Crippen LogP contribution in [0.2, 0.25) is 0 Å². The van der Waals surface area contributed by atoms with Gasteiger partial charge >= 0.3 is 5.97 Å². The number of hydrogen-bond donors (Lipinski definition) is 4. The Hall–Kier alpha value is -1.07. The fraction of sp³-hybridized carbons (Fsp3) is 0.900. The van der Waals surface area contributed by atoms with Gasteiger partial charge < -0.3 is 39.4 Å². The third-order valence-electron chi connectivity index (χ3n) is 12.4. The molecule has 39 heavy (non-hydrogen) atoms. The van der Waals surface area contributed by atoms with Gasteiger partial charge in [-0.1, -0.05) is 13.8 Å². The molecule has 0 amide bonds. The molecule has 0 bridgehead atoms. The average Bonchev–Trinajstić information content (AvgIpc) is 3.43. The van der Waals surface area contributed by atoms with E-state index in [9.17, 15) is 25.2 Å². The second-order valence-corrected chi connectivity index (χ2v) is 13.8. The minimum Gasteiger partial charge on any atom is -0.458 e. The van der Waals surface area contributed by atoms with Gasteiger partial charge in [0.05, 0.1) is 23.9 Å². The van der Waals surface area contributed by atoms with E-state index in [1.807, 2.05) is 0 Å². The molecule has 0 aromatic rings. The summed E-state index contributed by atoms with van der Waals surface area (Å²) in [5, 5.41) is 45.2. The average molecular weight is 551 g/mol. The molecule has 2 aliphatic heterocycles. The summed E-state index contributed by atoms with van der Waals surface area (Å²) in [5.74, 6) is 0.393. The molecule has 6 aliphatic rings. The van der Waals surface area contributed by atoms with E-state index in [0.717, 1.165) is 44.1 Å². The monoisotopic (exact) mass is 550 g/mol. The SMILES string of the molecule is CO[C@H]1[C@@H](O)[C@H](O[C@@H]2C[C@H]3CC[C@H]4[C@@H](CC[C@@]5(C)[C@@H](C6=CC(=O)OC6)CC[C@@]45O)[C@@]3(C)[C@H](O)C2)O[C@@H](C)[C@H]1O. The summed E-state index contributed by atoms with van der Waals surface area (Å²) in [6.07, 6.45) is 2.74. The topological polar surface area (TPSA) is 135 Å². The Morgan fingerprint density at radius 3 is 2.46 bits per heavy atom. The molecule has 0 radical (unpaired) electrons. The number of cyclic esters (lactones) is 1. The molecule has 0 spiro atoms. The highest BCUT2D eigenvalue weighted by Crippen LogP contribution is 2.70. The van der Waals surface area contributed by atoms with Gasteiger partial charge in [-0.25, -0.2) is 4.79 Å². The van der Waals surface area contributed by atoms with Crippen molar-refractivity contribution in [3.63, 3.8) is 0 Å². The van der Waals surface area contributed by atoms with Crippen LogP contribution < -0.4 is 0 Å². The van der Waals surface area contributed by atoms with E-state index < -0.39 is 42.4 Å². The number of rotatable bonds is 4. The van der Waals surface area contributed by atoms with Gasteiger partial charge in [-0.2, -0.15) is 0 Å². The van der Waals surface area contributed by atoms with Crippen molar-refractivity contribution in [2.24, 2.45) is 34.5 Å². The van der Waals surface area contributed by atoms with Crippen LogP contribution in [0.4, 0.5) is 0 Å². The Kier molecular flexibility index (Phi) is 7.02. The summed E-state index contributed by atoms with van der Waals surface area (Å²) in [4.78, 5) is 11.8. The first kappa shape index (κ1) is 28.1. The summed E-state index contributed by atoms with van der Waals surface area (Å²) in [6, 6.07) is 0. The maximum atomic E-state index is 12.4. The second kappa shape index (κ2) is 9.75. The first-order chi connectivity index (χ1) is 18.4. The summed E-state index contributed by atoms with van der Waals surface area (Å²) < 4.78 is 22.6. The van der Waals surface area contributed by atoms with Crippen LogP contribution in [0.1, 0.15) is 72.1 Å². The van der Waals surface area contributed by atoms with E-state index >= 15 is 0 Å². The van der Waals surface area contributed by atoms with Crippen molar-refractivity contribution < 1.29 is 44.2 Å². The highest BCUT2D eigenvalue weighted by Gasteiger charge is 2.69. The van der Waals surface area contributed by atoms with Gasteiger partial charge in [-0.15, -0.1) is 0 Å². The molecule has 4 saturated carbocycles. The fourth-order valence-corrected chi connectivity index (χ4v) is 10.1. The Bertz CT molecular complexity index is 1000. The van der Waals surface area contributed by atoms with Gasteiger partial charge in [0.25, 0.3) is 0 Å². The summed E-state index contributed by atoms with van der Waals surface area (Å²) in [7, 11) is 1.45. The van der Waals surface area contributed by atoms with E-state index in [1.165, 1.54) is 7.11 Å². The van der Waals surface area contributed by atoms with E-state index in [2.05, 4.69) is 13.8 Å². The van der Waals surface area contributed by atoms with Crippen molar-refractivity contribution in [2.45, 2.75) is 121 Å². The van der Waals surface area contributed by atoms with Gasteiger partial charge in [-0.3, -0.25) is 0 Å². The Balaban J connectivity index is 1.19. The normalized spacial score (nSPS) is 55.3. The molecule has 0 aromatic heterocycles. The number of hydrogen-bond acceptors (Lipinski definition) is 9. The number of aliphatic hydroxyl groups is 4. The number of esters is 1. The zero-order chi connectivity index (χ0) is 27.9. The summed E-state index contributed by atoms with van der Waals surface area (Å²) >= 11 is 0. The third-order valence-corrected chi connectivity index (χ3v) is 12.4. The molecule has 220 valence electrons. The molecule has 2 heterocycles. The zero-order valence-corrected chi connectivity index (χ0v) is 23.6. The van der Waals surface area contributed by atoms with Crippen molar-refractivity contribution >= 4 is 5.97 Å². The van der Waals surface area contributed by atoms with Crippen LogP contribution in [0.25, 0.3) is 0 Å². The van der Waals surface area contributed by atoms with Crippen LogP contribution in [0.3, 0.4) is 0 Å². The molecule has 9 nitrogen and oxygen atoms in total. The zero-order valence-electron chi connectivity index (χ0n) is 23.6. The quantitative estimate of drug-likeness (QED) is 0.307. The molecule has 9 heteroatoms. The van der Waals surface area contributed by atoms with E-state index in [0.29, 0.717) is 19.4 Å². The van der Waals surface area contributed by atoms with Crippen molar-refractivity contribution in [2.75, 3.05) is 13.7 Å². The maximum Gasteiger partial charge on any atom is 0.331 e. The highest BCUT2D eigenvalue weighted by molar-refractivity contribution is 5.85. The van der Waals surface area contributed by atoms with Crippen LogP contribution >= 0.6 is 0 Å². The van der Waals surface area contributed by atoms with Crippen LogP contribution in [-0.2, 0) is 23.7 Å². The van der Waals surface area contributed by atoms with Crippen LogP contribution in [0.15, 0.2) is 11.6 Å². The lowest BCUT2D eigenvalue weighted by Crippen LogP contribution is -2.65. The van der Waals surface area contributed by atoms with Crippen molar-refractivity contribution in [3.05, 3.63) is 11.6 Å². The predicted molar refractivity (Wildman–Crippen MR) is 139 cm³/mol. The molecule has 5 fully saturated rings. The van der Waals surface area contributed by atoms with E-state index in [-0.39, 0.29) is 46.6 Å². The molecule has 4 aliphatic carbocycles. The molecule has 1 saturated heterocycles.